The first-order valence-electron chi connectivity index (χ1n) is 5.00. The van der Waals surface area contributed by atoms with Crippen molar-refractivity contribution in [3.8, 4) is 5.75 Å². The average Bonchev–Trinajstić information content (AvgIpc) is 2.36. The Balaban J connectivity index is 2.38. The van der Waals surface area contributed by atoms with Gasteiger partial charge >= 0.3 is 10.1 Å². The summed E-state index contributed by atoms with van der Waals surface area (Å²) >= 11 is 20.4. The minimum Gasteiger partial charge on any atom is -0.377 e. The summed E-state index contributed by atoms with van der Waals surface area (Å²) in [7, 11) is -4.07. The van der Waals surface area contributed by atoms with E-state index in [1.54, 1.807) is 0 Å². The van der Waals surface area contributed by atoms with E-state index < -0.39 is 10.1 Å². The van der Waals surface area contributed by atoms with Crippen LogP contribution in [0.3, 0.4) is 0 Å². The molecule has 0 aliphatic rings. The van der Waals surface area contributed by atoms with Crippen molar-refractivity contribution < 1.29 is 12.6 Å². The van der Waals surface area contributed by atoms with Crippen LogP contribution in [0.5, 0.6) is 5.75 Å². The lowest BCUT2D eigenvalue weighted by Gasteiger charge is -2.09. The number of pyridine rings is 1. The van der Waals surface area contributed by atoms with Crippen molar-refractivity contribution in [1.29, 1.82) is 0 Å². The predicted octanol–water partition coefficient (Wildman–Crippen LogP) is 4.57. The lowest BCUT2D eigenvalue weighted by atomic mass is 10.3. The Labute approximate surface area is 138 Å². The first-order chi connectivity index (χ1) is 9.29. The van der Waals surface area contributed by atoms with Crippen LogP contribution >= 0.6 is 50.7 Å². The lowest BCUT2D eigenvalue weighted by Crippen LogP contribution is -2.10. The van der Waals surface area contributed by atoms with Crippen LogP contribution in [0.15, 0.2) is 39.8 Å². The van der Waals surface area contributed by atoms with Gasteiger partial charge in [-0.25, -0.2) is 4.98 Å². The molecule has 20 heavy (non-hydrogen) atoms. The molecule has 0 saturated heterocycles. The summed E-state index contributed by atoms with van der Waals surface area (Å²) in [4.78, 5) is 3.58. The highest BCUT2D eigenvalue weighted by Crippen LogP contribution is 2.31. The van der Waals surface area contributed by atoms with E-state index in [0.29, 0.717) is 9.50 Å². The minimum absolute atomic E-state index is 0.0258. The normalized spacial score (nSPS) is 11.4. The van der Waals surface area contributed by atoms with Gasteiger partial charge in [0, 0.05) is 5.02 Å². The third-order valence-corrected chi connectivity index (χ3v) is 5.02. The zero-order chi connectivity index (χ0) is 14.9. The second kappa shape index (κ2) is 6.07. The molecule has 0 amide bonds. The third kappa shape index (κ3) is 3.56. The molecule has 9 heteroatoms. The molecule has 2 aromatic rings. The molecule has 0 N–H and O–H groups in total. The van der Waals surface area contributed by atoms with Gasteiger partial charge in [-0.3, -0.25) is 0 Å². The summed E-state index contributed by atoms with van der Waals surface area (Å²) in [5, 5.41) is 0.603. The largest absolute Gasteiger partial charge is 0.377 e. The number of rotatable bonds is 3. The summed E-state index contributed by atoms with van der Waals surface area (Å²) in [5.74, 6) is -0.0258. The van der Waals surface area contributed by atoms with Crippen molar-refractivity contribution >= 4 is 60.9 Å². The van der Waals surface area contributed by atoms with Crippen LogP contribution in [-0.4, -0.2) is 13.4 Å². The highest BCUT2D eigenvalue weighted by molar-refractivity contribution is 9.10. The molecule has 0 radical (unpaired) electrons. The summed E-state index contributed by atoms with van der Waals surface area (Å²) in [5.41, 5.74) is 0. The van der Waals surface area contributed by atoms with Crippen molar-refractivity contribution in [2.75, 3.05) is 0 Å². The molecule has 0 aliphatic heterocycles. The number of aromatic nitrogens is 1. The first kappa shape index (κ1) is 15.9. The van der Waals surface area contributed by atoms with Gasteiger partial charge in [-0.2, -0.15) is 8.42 Å². The standard InChI is InChI=1S/C11H5BrCl3NO3S/c12-8-4-7(5-16-11(8)15)20(17,18)19-10-2-1-6(13)3-9(10)14/h1-5H. The Morgan fingerprint density at radius 3 is 2.45 bits per heavy atom. The van der Waals surface area contributed by atoms with Crippen LogP contribution in [0.4, 0.5) is 0 Å². The molecule has 106 valence electrons. The Morgan fingerprint density at radius 2 is 1.85 bits per heavy atom. The monoisotopic (exact) mass is 415 g/mol. The van der Waals surface area contributed by atoms with Crippen LogP contribution in [0.1, 0.15) is 0 Å². The van der Waals surface area contributed by atoms with Crippen LogP contribution in [0, 0.1) is 0 Å². The number of hydrogen-bond donors (Lipinski definition) is 0. The minimum atomic E-state index is -4.07. The van der Waals surface area contributed by atoms with E-state index in [-0.39, 0.29) is 20.8 Å². The van der Waals surface area contributed by atoms with Crippen LogP contribution in [0.25, 0.3) is 0 Å². The quantitative estimate of drug-likeness (QED) is 0.542. The van der Waals surface area contributed by atoms with Crippen LogP contribution in [-0.2, 0) is 10.1 Å². The van der Waals surface area contributed by atoms with Gasteiger partial charge in [0.05, 0.1) is 15.7 Å². The van der Waals surface area contributed by atoms with E-state index in [1.165, 1.54) is 24.3 Å². The maximum atomic E-state index is 12.1. The maximum absolute atomic E-state index is 12.1. The van der Waals surface area contributed by atoms with Crippen molar-refractivity contribution in [3.63, 3.8) is 0 Å². The van der Waals surface area contributed by atoms with Crippen LogP contribution < -0.4 is 4.18 Å². The molecule has 0 bridgehead atoms. The summed E-state index contributed by atoms with van der Waals surface area (Å²) in [6.45, 7) is 0. The van der Waals surface area contributed by atoms with E-state index >= 15 is 0 Å². The van der Waals surface area contributed by atoms with Gasteiger partial charge in [-0.05, 0) is 40.2 Å². The second-order valence-electron chi connectivity index (χ2n) is 3.56. The maximum Gasteiger partial charge on any atom is 0.340 e. The van der Waals surface area contributed by atoms with Gasteiger partial charge in [0.1, 0.15) is 10.0 Å². The zero-order valence-corrected chi connectivity index (χ0v) is 14.1. The summed E-state index contributed by atoms with van der Waals surface area (Å²) in [6, 6.07) is 5.49. The highest BCUT2D eigenvalue weighted by Gasteiger charge is 2.20. The molecule has 0 spiro atoms. The Kier molecular flexibility index (Phi) is 4.81. The predicted molar refractivity (Wildman–Crippen MR) is 81.2 cm³/mol. The fourth-order valence-electron chi connectivity index (χ4n) is 1.25. The molecule has 1 heterocycles. The van der Waals surface area contributed by atoms with Gasteiger partial charge in [0.25, 0.3) is 0 Å². The fraction of sp³-hybridized carbons (Fsp3) is 0. The number of benzene rings is 1. The molecule has 0 aliphatic carbocycles. The van der Waals surface area contributed by atoms with Crippen molar-refractivity contribution in [2.45, 2.75) is 4.90 Å². The van der Waals surface area contributed by atoms with E-state index in [2.05, 4.69) is 20.9 Å². The smallest absolute Gasteiger partial charge is 0.340 e. The van der Waals surface area contributed by atoms with Crippen LogP contribution in [0.2, 0.25) is 15.2 Å². The van der Waals surface area contributed by atoms with Gasteiger partial charge in [-0.1, -0.05) is 34.8 Å². The average molecular weight is 417 g/mol. The highest BCUT2D eigenvalue weighted by atomic mass is 79.9. The summed E-state index contributed by atoms with van der Waals surface area (Å²) in [6.07, 6.45) is 1.09. The molecule has 4 nitrogen and oxygen atoms in total. The van der Waals surface area contributed by atoms with Crippen molar-refractivity contribution in [1.82, 2.24) is 4.98 Å². The Morgan fingerprint density at radius 1 is 1.15 bits per heavy atom. The van der Waals surface area contributed by atoms with Crippen molar-refractivity contribution in [3.05, 3.63) is 50.1 Å². The van der Waals surface area contributed by atoms with E-state index in [9.17, 15) is 8.42 Å². The number of nitrogens with zero attached hydrogens (tertiary/aromatic N) is 1. The topological polar surface area (TPSA) is 56.3 Å². The lowest BCUT2D eigenvalue weighted by molar-refractivity contribution is 0.485. The SMILES string of the molecule is O=S(=O)(Oc1ccc(Cl)cc1Cl)c1cnc(Cl)c(Br)c1. The molecular weight excluding hydrogens is 412 g/mol. The Bertz CT molecular complexity index is 768. The molecule has 0 saturated carbocycles. The van der Waals surface area contributed by atoms with Gasteiger partial charge in [0.2, 0.25) is 0 Å². The molecule has 1 aromatic carbocycles. The molecule has 0 unspecified atom stereocenters. The second-order valence-corrected chi connectivity index (χ2v) is 7.16. The van der Waals surface area contributed by atoms with Gasteiger partial charge in [0.15, 0.2) is 5.75 Å². The Hall–Kier alpha value is -0.530. The number of halogens is 4. The molecule has 0 atom stereocenters. The van der Waals surface area contributed by atoms with Gasteiger partial charge in [-0.15, -0.1) is 0 Å². The summed E-state index contributed by atoms with van der Waals surface area (Å²) < 4.78 is 29.5. The van der Waals surface area contributed by atoms with E-state index in [0.717, 1.165) is 6.20 Å². The molecule has 0 fully saturated rings. The first-order valence-corrected chi connectivity index (χ1v) is 8.34. The molecular formula is C11H5BrCl3NO3S. The fourth-order valence-corrected chi connectivity index (χ4v) is 3.27. The third-order valence-electron chi connectivity index (χ3n) is 2.15. The van der Waals surface area contributed by atoms with Crippen molar-refractivity contribution in [2.24, 2.45) is 0 Å². The molecule has 1 aromatic heterocycles. The van der Waals surface area contributed by atoms with E-state index in [1.807, 2.05) is 0 Å². The number of hydrogen-bond acceptors (Lipinski definition) is 4. The molecule has 2 rings (SSSR count). The van der Waals surface area contributed by atoms with E-state index in [4.69, 9.17) is 39.0 Å². The zero-order valence-electron chi connectivity index (χ0n) is 9.48. The van der Waals surface area contributed by atoms with Gasteiger partial charge < -0.3 is 4.18 Å².